The first-order valence-electron chi connectivity index (χ1n) is 7.68. The van der Waals surface area contributed by atoms with Gasteiger partial charge in [-0.2, -0.15) is 0 Å². The van der Waals surface area contributed by atoms with Crippen molar-refractivity contribution in [1.82, 2.24) is 5.32 Å². The van der Waals surface area contributed by atoms with Crippen LogP contribution in [0.4, 0.5) is 4.79 Å². The Bertz CT molecular complexity index is 497. The molecule has 0 aliphatic heterocycles. The third-order valence-corrected chi connectivity index (χ3v) is 2.93. The number of amides is 2. The SMILES string of the molecule is CC(C)(C)OC(=O)N[C@@H](CCCOCc1ccccc1)C(N)=O. The maximum Gasteiger partial charge on any atom is 0.408 e. The van der Waals surface area contributed by atoms with Gasteiger partial charge < -0.3 is 20.5 Å². The van der Waals surface area contributed by atoms with Crippen molar-refractivity contribution in [1.29, 1.82) is 0 Å². The van der Waals surface area contributed by atoms with Crippen LogP contribution in [0.1, 0.15) is 39.2 Å². The van der Waals surface area contributed by atoms with Crippen molar-refractivity contribution in [2.24, 2.45) is 5.73 Å². The number of benzene rings is 1. The molecule has 3 N–H and O–H groups in total. The van der Waals surface area contributed by atoms with Crippen molar-refractivity contribution in [3.05, 3.63) is 35.9 Å². The average Bonchev–Trinajstić information content (AvgIpc) is 2.44. The summed E-state index contributed by atoms with van der Waals surface area (Å²) in [5.74, 6) is -0.584. The van der Waals surface area contributed by atoms with Crippen LogP contribution in [-0.4, -0.2) is 30.3 Å². The molecule has 0 heterocycles. The number of carbonyl (C=O) groups excluding carboxylic acids is 2. The summed E-state index contributed by atoms with van der Waals surface area (Å²) in [6.45, 7) is 6.26. The van der Waals surface area contributed by atoms with Crippen LogP contribution in [0.25, 0.3) is 0 Å². The van der Waals surface area contributed by atoms with Gasteiger partial charge >= 0.3 is 6.09 Å². The van der Waals surface area contributed by atoms with E-state index in [1.165, 1.54) is 0 Å². The molecule has 0 aliphatic carbocycles. The molecule has 6 nitrogen and oxygen atoms in total. The zero-order valence-corrected chi connectivity index (χ0v) is 14.0. The van der Waals surface area contributed by atoms with E-state index in [9.17, 15) is 9.59 Å². The fourth-order valence-corrected chi connectivity index (χ4v) is 1.89. The highest BCUT2D eigenvalue weighted by atomic mass is 16.6. The molecular formula is C17H26N2O4. The summed E-state index contributed by atoms with van der Waals surface area (Å²) >= 11 is 0. The molecule has 0 saturated heterocycles. The zero-order chi connectivity index (χ0) is 17.3. The van der Waals surface area contributed by atoms with E-state index in [0.717, 1.165) is 5.56 Å². The summed E-state index contributed by atoms with van der Waals surface area (Å²) in [5, 5.41) is 2.49. The van der Waals surface area contributed by atoms with E-state index >= 15 is 0 Å². The number of alkyl carbamates (subject to hydrolysis) is 1. The number of hydrogen-bond acceptors (Lipinski definition) is 4. The quantitative estimate of drug-likeness (QED) is 0.719. The standard InChI is InChI=1S/C17H26N2O4/c1-17(2,3)23-16(21)19-14(15(18)20)10-7-11-22-12-13-8-5-4-6-9-13/h4-6,8-9,14H,7,10-12H2,1-3H3,(H2,18,20)(H,19,21)/t14-/m0/s1. The fraction of sp³-hybridized carbons (Fsp3) is 0.529. The van der Waals surface area contributed by atoms with E-state index in [1.54, 1.807) is 20.8 Å². The maximum atomic E-state index is 11.7. The molecule has 0 bridgehead atoms. The van der Waals surface area contributed by atoms with Gasteiger partial charge in [-0.25, -0.2) is 4.79 Å². The summed E-state index contributed by atoms with van der Waals surface area (Å²) in [4.78, 5) is 23.1. The Morgan fingerprint density at radius 3 is 2.43 bits per heavy atom. The Labute approximate surface area is 137 Å². The molecule has 2 amide bonds. The normalized spacial score (nSPS) is 12.5. The van der Waals surface area contributed by atoms with Gasteiger partial charge in [-0.1, -0.05) is 30.3 Å². The van der Waals surface area contributed by atoms with Gasteiger partial charge in [0.1, 0.15) is 11.6 Å². The van der Waals surface area contributed by atoms with E-state index in [2.05, 4.69) is 5.32 Å². The molecule has 1 rings (SSSR count). The molecule has 0 aromatic heterocycles. The zero-order valence-electron chi connectivity index (χ0n) is 14.0. The Morgan fingerprint density at radius 1 is 1.22 bits per heavy atom. The lowest BCUT2D eigenvalue weighted by Crippen LogP contribution is -2.46. The molecular weight excluding hydrogens is 296 g/mol. The van der Waals surface area contributed by atoms with Gasteiger partial charge in [0.15, 0.2) is 0 Å². The molecule has 1 aromatic carbocycles. The second kappa shape index (κ2) is 9.15. The third kappa shape index (κ3) is 8.83. The molecule has 23 heavy (non-hydrogen) atoms. The number of rotatable bonds is 8. The molecule has 0 spiro atoms. The van der Waals surface area contributed by atoms with Crippen molar-refractivity contribution in [3.63, 3.8) is 0 Å². The van der Waals surface area contributed by atoms with Crippen LogP contribution < -0.4 is 11.1 Å². The number of nitrogens with two attached hydrogens (primary N) is 1. The average molecular weight is 322 g/mol. The van der Waals surface area contributed by atoms with Gasteiger partial charge in [-0.15, -0.1) is 0 Å². The van der Waals surface area contributed by atoms with Crippen molar-refractivity contribution in [2.45, 2.75) is 51.9 Å². The number of nitrogens with one attached hydrogen (secondary N) is 1. The van der Waals surface area contributed by atoms with Gasteiger partial charge in [-0.05, 0) is 39.2 Å². The first kappa shape index (κ1) is 19.0. The van der Waals surface area contributed by atoms with E-state index < -0.39 is 23.6 Å². The molecule has 6 heteroatoms. The summed E-state index contributed by atoms with van der Waals surface area (Å²) in [6, 6.07) is 9.06. The minimum absolute atomic E-state index is 0.406. The lowest BCUT2D eigenvalue weighted by Gasteiger charge is -2.22. The van der Waals surface area contributed by atoms with Gasteiger partial charge in [0.25, 0.3) is 0 Å². The number of primary amides is 1. The first-order valence-corrected chi connectivity index (χ1v) is 7.68. The predicted molar refractivity (Wildman–Crippen MR) is 87.7 cm³/mol. The van der Waals surface area contributed by atoms with Crippen molar-refractivity contribution < 1.29 is 19.1 Å². The summed E-state index contributed by atoms with van der Waals surface area (Å²) < 4.78 is 10.7. The van der Waals surface area contributed by atoms with Crippen LogP contribution in [-0.2, 0) is 20.9 Å². The molecule has 0 fully saturated rings. The predicted octanol–water partition coefficient (Wildman–Crippen LogP) is 2.36. The number of carbonyl (C=O) groups is 2. The van der Waals surface area contributed by atoms with Crippen molar-refractivity contribution in [2.75, 3.05) is 6.61 Å². The molecule has 0 aliphatic rings. The second-order valence-corrected chi connectivity index (χ2v) is 6.28. The van der Waals surface area contributed by atoms with Gasteiger partial charge in [0.2, 0.25) is 5.91 Å². The lowest BCUT2D eigenvalue weighted by atomic mass is 10.1. The Morgan fingerprint density at radius 2 is 1.87 bits per heavy atom. The minimum Gasteiger partial charge on any atom is -0.444 e. The molecule has 128 valence electrons. The van der Waals surface area contributed by atoms with Crippen molar-refractivity contribution >= 4 is 12.0 Å². The summed E-state index contributed by atoms with van der Waals surface area (Å²) in [6.07, 6.45) is 0.367. The van der Waals surface area contributed by atoms with Gasteiger partial charge in [0, 0.05) is 6.61 Å². The van der Waals surface area contributed by atoms with Crippen LogP contribution in [0.5, 0.6) is 0 Å². The highest BCUT2D eigenvalue weighted by Crippen LogP contribution is 2.08. The minimum atomic E-state index is -0.759. The lowest BCUT2D eigenvalue weighted by molar-refractivity contribution is -0.120. The Hall–Kier alpha value is -2.08. The maximum absolute atomic E-state index is 11.7. The smallest absolute Gasteiger partial charge is 0.408 e. The van der Waals surface area contributed by atoms with E-state index in [1.807, 2.05) is 30.3 Å². The monoisotopic (exact) mass is 322 g/mol. The van der Waals surface area contributed by atoms with Crippen LogP contribution in [0.2, 0.25) is 0 Å². The third-order valence-electron chi connectivity index (χ3n) is 2.93. The second-order valence-electron chi connectivity index (χ2n) is 6.28. The number of ether oxygens (including phenoxy) is 2. The molecule has 0 saturated carbocycles. The van der Waals surface area contributed by atoms with E-state index in [0.29, 0.717) is 26.1 Å². The van der Waals surface area contributed by atoms with Crippen molar-refractivity contribution in [3.8, 4) is 0 Å². The fourth-order valence-electron chi connectivity index (χ4n) is 1.89. The van der Waals surface area contributed by atoms with Gasteiger partial charge in [0.05, 0.1) is 6.61 Å². The van der Waals surface area contributed by atoms with Crippen LogP contribution in [0.15, 0.2) is 30.3 Å². The Balaban J connectivity index is 2.28. The molecule has 0 radical (unpaired) electrons. The Kier molecular flexibility index (Phi) is 7.54. The summed E-state index contributed by atoms with van der Waals surface area (Å²) in [5.41, 5.74) is 5.77. The number of hydrogen-bond donors (Lipinski definition) is 2. The highest BCUT2D eigenvalue weighted by molar-refractivity contribution is 5.84. The topological polar surface area (TPSA) is 90.7 Å². The van der Waals surface area contributed by atoms with Gasteiger partial charge in [-0.3, -0.25) is 4.79 Å². The van der Waals surface area contributed by atoms with E-state index in [4.69, 9.17) is 15.2 Å². The van der Waals surface area contributed by atoms with Crippen LogP contribution in [0, 0.1) is 0 Å². The highest BCUT2D eigenvalue weighted by Gasteiger charge is 2.22. The molecule has 1 aromatic rings. The van der Waals surface area contributed by atoms with E-state index in [-0.39, 0.29) is 0 Å². The molecule has 0 unspecified atom stereocenters. The summed E-state index contributed by atoms with van der Waals surface area (Å²) in [7, 11) is 0. The van der Waals surface area contributed by atoms with Crippen LogP contribution in [0.3, 0.4) is 0 Å². The first-order chi connectivity index (χ1) is 10.8. The largest absolute Gasteiger partial charge is 0.444 e. The van der Waals surface area contributed by atoms with Crippen LogP contribution >= 0.6 is 0 Å². The molecule has 1 atom stereocenters.